The molecule has 0 aromatic heterocycles. The number of aromatic hydroxyl groups is 1. The normalized spacial score (nSPS) is 18.1. The van der Waals surface area contributed by atoms with Crippen LogP contribution in [-0.4, -0.2) is 34.5 Å². The maximum absolute atomic E-state index is 11.9. The van der Waals surface area contributed by atoms with Crippen LogP contribution in [0.2, 0.25) is 5.02 Å². The Hall–Kier alpha value is -3.00. The van der Waals surface area contributed by atoms with Crippen LogP contribution in [0.4, 0.5) is 13.2 Å². The van der Waals surface area contributed by atoms with E-state index in [1.807, 2.05) is 0 Å². The molecule has 0 saturated heterocycles. The molecule has 1 unspecified atom stereocenters. The standard InChI is InChI=1S/C12H10ClNO3.C7H5F3O/c13-9-3-1-4-10(7-9)17-12(11(15)16)5-2-6-14-8-12;8-7(9,10)5-2-1-3-6(11)4-5/h1-7H,8H2,(H,15,16);1-4,11H. The van der Waals surface area contributed by atoms with Gasteiger partial charge >= 0.3 is 12.1 Å². The van der Waals surface area contributed by atoms with Crippen molar-refractivity contribution >= 4 is 23.8 Å². The van der Waals surface area contributed by atoms with Crippen LogP contribution in [-0.2, 0) is 11.0 Å². The third kappa shape index (κ3) is 5.75. The summed E-state index contributed by atoms with van der Waals surface area (Å²) in [5.41, 5.74) is -2.28. The molecule has 0 bridgehead atoms. The second-order valence-corrected chi connectivity index (χ2v) is 6.09. The fraction of sp³-hybridized carbons (Fsp3) is 0.158. The monoisotopic (exact) mass is 413 g/mol. The summed E-state index contributed by atoms with van der Waals surface area (Å²) in [6.07, 6.45) is 0.201. The van der Waals surface area contributed by atoms with E-state index >= 15 is 0 Å². The molecule has 9 heteroatoms. The minimum Gasteiger partial charge on any atom is -0.508 e. The predicted molar refractivity (Wildman–Crippen MR) is 98.1 cm³/mol. The first kappa shape index (κ1) is 21.3. The average molecular weight is 414 g/mol. The van der Waals surface area contributed by atoms with Crippen molar-refractivity contribution in [3.05, 3.63) is 71.3 Å². The largest absolute Gasteiger partial charge is 0.508 e. The first-order valence-corrected chi connectivity index (χ1v) is 8.22. The van der Waals surface area contributed by atoms with Gasteiger partial charge < -0.3 is 14.9 Å². The lowest BCUT2D eigenvalue weighted by Gasteiger charge is -2.27. The first-order chi connectivity index (χ1) is 13.1. The number of allylic oxidation sites excluding steroid dienone is 1. The SMILES string of the molecule is O=C(O)C1(Oc2cccc(Cl)c2)C=CC=NC1.Oc1cccc(C(F)(F)F)c1. The number of hydrogen-bond acceptors (Lipinski definition) is 4. The topological polar surface area (TPSA) is 79.1 Å². The Balaban J connectivity index is 0.000000221. The number of aliphatic carboxylic acids is 1. The van der Waals surface area contributed by atoms with Gasteiger partial charge in [0.15, 0.2) is 0 Å². The highest BCUT2D eigenvalue weighted by molar-refractivity contribution is 6.30. The van der Waals surface area contributed by atoms with Crippen LogP contribution in [0.25, 0.3) is 0 Å². The summed E-state index contributed by atoms with van der Waals surface area (Å²) in [4.78, 5) is 15.2. The van der Waals surface area contributed by atoms with Gasteiger partial charge in [0.1, 0.15) is 11.5 Å². The van der Waals surface area contributed by atoms with Gasteiger partial charge in [0.25, 0.3) is 0 Å². The zero-order valence-electron chi connectivity index (χ0n) is 14.2. The number of nitrogens with zero attached hydrogens (tertiary/aromatic N) is 1. The molecule has 0 fully saturated rings. The fourth-order valence-corrected chi connectivity index (χ4v) is 2.35. The highest BCUT2D eigenvalue weighted by Crippen LogP contribution is 2.30. The summed E-state index contributed by atoms with van der Waals surface area (Å²) in [7, 11) is 0. The van der Waals surface area contributed by atoms with Crippen LogP contribution < -0.4 is 4.74 Å². The average Bonchev–Trinajstić information content (AvgIpc) is 2.62. The lowest BCUT2D eigenvalue weighted by atomic mass is 10.0. The molecule has 0 saturated carbocycles. The van der Waals surface area contributed by atoms with Gasteiger partial charge in [0, 0.05) is 11.2 Å². The van der Waals surface area contributed by atoms with E-state index in [4.69, 9.17) is 21.4 Å². The van der Waals surface area contributed by atoms with E-state index in [1.165, 1.54) is 12.1 Å². The maximum Gasteiger partial charge on any atom is 0.416 e. The predicted octanol–water partition coefficient (Wildman–Crippen LogP) is 4.59. The van der Waals surface area contributed by atoms with E-state index in [1.54, 1.807) is 36.6 Å². The molecular formula is C19H15ClF3NO4. The Kier molecular flexibility index (Phi) is 6.69. The molecule has 0 amide bonds. The third-order valence-corrected chi connectivity index (χ3v) is 3.75. The lowest BCUT2D eigenvalue weighted by Crippen LogP contribution is -2.46. The van der Waals surface area contributed by atoms with Gasteiger partial charge in [-0.25, -0.2) is 4.79 Å². The highest BCUT2D eigenvalue weighted by atomic mass is 35.5. The van der Waals surface area contributed by atoms with E-state index in [-0.39, 0.29) is 12.3 Å². The fourth-order valence-electron chi connectivity index (χ4n) is 2.17. The number of phenolic OH excluding ortho intramolecular Hbond substituents is 1. The second-order valence-electron chi connectivity index (χ2n) is 5.65. The van der Waals surface area contributed by atoms with Crippen LogP contribution in [0.3, 0.4) is 0 Å². The maximum atomic E-state index is 11.9. The van der Waals surface area contributed by atoms with E-state index in [9.17, 15) is 23.1 Å². The number of carboxylic acid groups (broad SMARTS) is 1. The quantitative estimate of drug-likeness (QED) is 0.771. The molecule has 1 aliphatic heterocycles. The summed E-state index contributed by atoms with van der Waals surface area (Å²) in [6, 6.07) is 10.5. The molecule has 28 heavy (non-hydrogen) atoms. The van der Waals surface area contributed by atoms with Gasteiger partial charge in [-0.1, -0.05) is 23.7 Å². The van der Waals surface area contributed by atoms with E-state index in [0.29, 0.717) is 16.8 Å². The number of carbonyl (C=O) groups is 1. The summed E-state index contributed by atoms with van der Waals surface area (Å²) in [6.45, 7) is 0.0470. The minimum absolute atomic E-state index is 0.0470. The number of halogens is 4. The lowest BCUT2D eigenvalue weighted by molar-refractivity contribution is -0.150. The minimum atomic E-state index is -4.38. The molecule has 1 aliphatic rings. The molecule has 0 spiro atoms. The smallest absolute Gasteiger partial charge is 0.416 e. The van der Waals surface area contributed by atoms with Crippen LogP contribution in [0.1, 0.15) is 5.56 Å². The van der Waals surface area contributed by atoms with Crippen molar-refractivity contribution in [2.24, 2.45) is 4.99 Å². The van der Waals surface area contributed by atoms with Crippen molar-refractivity contribution in [2.45, 2.75) is 11.8 Å². The number of benzene rings is 2. The van der Waals surface area contributed by atoms with Gasteiger partial charge in [0.05, 0.1) is 12.1 Å². The molecule has 0 radical (unpaired) electrons. The van der Waals surface area contributed by atoms with Crippen molar-refractivity contribution in [1.29, 1.82) is 0 Å². The Morgan fingerprint density at radius 3 is 2.39 bits per heavy atom. The molecule has 2 N–H and O–H groups in total. The number of carboxylic acids is 1. The number of hydrogen-bond donors (Lipinski definition) is 2. The van der Waals surface area contributed by atoms with Crippen molar-refractivity contribution in [3.63, 3.8) is 0 Å². The number of rotatable bonds is 3. The van der Waals surface area contributed by atoms with Crippen molar-refractivity contribution in [1.82, 2.24) is 0 Å². The summed E-state index contributed by atoms with van der Waals surface area (Å²) in [5, 5.41) is 18.4. The van der Waals surface area contributed by atoms with Gasteiger partial charge in [0.2, 0.25) is 5.60 Å². The molecular weight excluding hydrogens is 399 g/mol. The Morgan fingerprint density at radius 1 is 1.18 bits per heavy atom. The molecule has 2 aromatic carbocycles. The molecule has 1 atom stereocenters. The van der Waals surface area contributed by atoms with Crippen LogP contribution in [0.5, 0.6) is 11.5 Å². The van der Waals surface area contributed by atoms with Crippen molar-refractivity contribution in [3.8, 4) is 11.5 Å². The van der Waals surface area contributed by atoms with Gasteiger partial charge in [-0.3, -0.25) is 4.99 Å². The molecule has 0 aliphatic carbocycles. The number of aliphatic imine (C=N–C) groups is 1. The van der Waals surface area contributed by atoms with Crippen LogP contribution >= 0.6 is 11.6 Å². The van der Waals surface area contributed by atoms with Gasteiger partial charge in [-0.15, -0.1) is 0 Å². The zero-order chi connectivity index (χ0) is 20.8. The van der Waals surface area contributed by atoms with Crippen molar-refractivity contribution < 1.29 is 32.9 Å². The second kappa shape index (κ2) is 8.79. The summed E-state index contributed by atoms with van der Waals surface area (Å²) < 4.78 is 41.1. The third-order valence-electron chi connectivity index (χ3n) is 3.51. The molecule has 148 valence electrons. The number of alkyl halides is 3. The van der Waals surface area contributed by atoms with Gasteiger partial charge in [-0.05, 0) is 48.6 Å². The Bertz CT molecular complexity index is 899. The van der Waals surface area contributed by atoms with Crippen LogP contribution in [0, 0.1) is 0 Å². The first-order valence-electron chi connectivity index (χ1n) is 7.84. The van der Waals surface area contributed by atoms with Crippen molar-refractivity contribution in [2.75, 3.05) is 6.54 Å². The van der Waals surface area contributed by atoms with Crippen LogP contribution in [0.15, 0.2) is 65.7 Å². The van der Waals surface area contributed by atoms with E-state index in [2.05, 4.69) is 4.99 Å². The molecule has 2 aromatic rings. The van der Waals surface area contributed by atoms with E-state index in [0.717, 1.165) is 12.1 Å². The highest BCUT2D eigenvalue weighted by Gasteiger charge is 2.39. The number of dihydropyridines is 1. The Labute approximate surface area is 163 Å². The zero-order valence-corrected chi connectivity index (χ0v) is 15.0. The molecule has 3 rings (SSSR count). The summed E-state index contributed by atoms with van der Waals surface area (Å²) in [5.74, 6) is -1.05. The Morgan fingerprint density at radius 2 is 1.89 bits per heavy atom. The molecule has 1 heterocycles. The van der Waals surface area contributed by atoms with E-state index < -0.39 is 23.3 Å². The molecule has 5 nitrogen and oxygen atoms in total. The van der Waals surface area contributed by atoms with Gasteiger partial charge in [-0.2, -0.15) is 13.2 Å². The number of ether oxygens (including phenoxy) is 1. The summed E-state index contributed by atoms with van der Waals surface area (Å²) >= 11 is 5.81. The number of phenols is 1.